The van der Waals surface area contributed by atoms with Gasteiger partial charge in [0.1, 0.15) is 5.78 Å². The van der Waals surface area contributed by atoms with Gasteiger partial charge >= 0.3 is 0 Å². The molecule has 2 nitrogen and oxygen atoms in total. The van der Waals surface area contributed by atoms with Crippen LogP contribution in [0.2, 0.25) is 0 Å². The third kappa shape index (κ3) is 2.83. The Balaban J connectivity index is 1.79. The fourth-order valence-electron chi connectivity index (χ4n) is 2.96. The Bertz CT molecular complexity index is 608. The van der Waals surface area contributed by atoms with Crippen molar-refractivity contribution in [2.75, 3.05) is 0 Å². The number of benzene rings is 1. The molecule has 98 valence electrons. The summed E-state index contributed by atoms with van der Waals surface area (Å²) in [6.45, 7) is 2.08. The normalized spacial score (nSPS) is 17.0. The summed E-state index contributed by atoms with van der Waals surface area (Å²) in [4.78, 5) is 15.7. The molecule has 0 unspecified atom stereocenters. The Morgan fingerprint density at radius 3 is 2.79 bits per heavy atom. The maximum Gasteiger partial charge on any atom is 0.132 e. The van der Waals surface area contributed by atoms with Gasteiger partial charge in [-0.05, 0) is 61.4 Å². The molecule has 1 aromatic heterocycles. The Labute approximate surface area is 113 Å². The molecule has 1 heterocycles. The van der Waals surface area contributed by atoms with Crippen molar-refractivity contribution >= 4 is 16.7 Å². The number of hydrogen-bond donors (Lipinski definition) is 0. The minimum Gasteiger partial charge on any atom is -0.300 e. The van der Waals surface area contributed by atoms with E-state index in [0.29, 0.717) is 11.7 Å². The van der Waals surface area contributed by atoms with Crippen LogP contribution in [0.1, 0.15) is 36.8 Å². The summed E-state index contributed by atoms with van der Waals surface area (Å²) in [5.74, 6) is 1.11. The lowest BCUT2D eigenvalue weighted by Crippen LogP contribution is -2.15. The van der Waals surface area contributed by atoms with Crippen LogP contribution in [0.15, 0.2) is 30.5 Å². The van der Waals surface area contributed by atoms with Gasteiger partial charge in [-0.3, -0.25) is 9.78 Å². The largest absolute Gasteiger partial charge is 0.300 e. The fourth-order valence-corrected chi connectivity index (χ4v) is 2.96. The first-order chi connectivity index (χ1) is 9.20. The maximum absolute atomic E-state index is 11.3. The number of aryl methyl sites for hydroxylation is 1. The third-order valence-corrected chi connectivity index (χ3v) is 4.07. The number of pyridine rings is 1. The molecule has 0 spiro atoms. The zero-order valence-electron chi connectivity index (χ0n) is 11.4. The molecule has 0 bridgehead atoms. The van der Waals surface area contributed by atoms with Crippen LogP contribution < -0.4 is 0 Å². The van der Waals surface area contributed by atoms with Gasteiger partial charge in [0, 0.05) is 24.4 Å². The lowest BCUT2D eigenvalue weighted by Gasteiger charge is -2.20. The number of Topliss-reactive ketones (excluding diaryl/α,β-unsaturated/α-hetero) is 1. The highest BCUT2D eigenvalue weighted by Crippen LogP contribution is 2.26. The second kappa shape index (κ2) is 5.12. The van der Waals surface area contributed by atoms with E-state index in [-0.39, 0.29) is 0 Å². The maximum atomic E-state index is 11.3. The highest BCUT2D eigenvalue weighted by Gasteiger charge is 2.18. The molecule has 2 aromatic rings. The van der Waals surface area contributed by atoms with Crippen LogP contribution in [0, 0.1) is 12.8 Å². The summed E-state index contributed by atoms with van der Waals surface area (Å²) in [6, 6.07) is 8.74. The van der Waals surface area contributed by atoms with E-state index in [0.717, 1.165) is 37.6 Å². The highest BCUT2D eigenvalue weighted by atomic mass is 16.1. The summed E-state index contributed by atoms with van der Waals surface area (Å²) in [6.07, 6.45) is 6.68. The van der Waals surface area contributed by atoms with Gasteiger partial charge in [0.25, 0.3) is 0 Å². The fraction of sp³-hybridized carbons (Fsp3) is 0.412. The van der Waals surface area contributed by atoms with Gasteiger partial charge in [-0.15, -0.1) is 0 Å². The topological polar surface area (TPSA) is 30.0 Å². The van der Waals surface area contributed by atoms with Crippen LogP contribution in [0.25, 0.3) is 10.9 Å². The molecule has 2 heteroatoms. The van der Waals surface area contributed by atoms with Gasteiger partial charge in [-0.1, -0.05) is 6.07 Å². The number of ketones is 1. The quantitative estimate of drug-likeness (QED) is 0.813. The molecule has 0 amide bonds. The van der Waals surface area contributed by atoms with Gasteiger partial charge in [-0.25, -0.2) is 0 Å². The number of fused-ring (bicyclic) bond motifs is 1. The van der Waals surface area contributed by atoms with Crippen molar-refractivity contribution < 1.29 is 4.79 Å². The van der Waals surface area contributed by atoms with E-state index < -0.39 is 0 Å². The predicted molar refractivity (Wildman–Crippen MR) is 77.1 cm³/mol. The van der Waals surface area contributed by atoms with Crippen LogP contribution in [0.5, 0.6) is 0 Å². The van der Waals surface area contributed by atoms with Crippen molar-refractivity contribution in [3.05, 3.63) is 41.6 Å². The molecule has 1 fully saturated rings. The van der Waals surface area contributed by atoms with E-state index in [1.165, 1.54) is 16.5 Å². The lowest BCUT2D eigenvalue weighted by atomic mass is 9.84. The van der Waals surface area contributed by atoms with Crippen molar-refractivity contribution in [1.29, 1.82) is 0 Å². The molecule has 0 aliphatic heterocycles. The standard InChI is InChI=1S/C17H19NO/c1-12-8-15-10-14(4-7-17(15)18-11-12)9-13-2-5-16(19)6-3-13/h4,7-8,10-11,13H,2-3,5-6,9H2,1H3. The van der Waals surface area contributed by atoms with Crippen molar-refractivity contribution in [1.82, 2.24) is 4.98 Å². The molecule has 1 aliphatic carbocycles. The Morgan fingerprint density at radius 2 is 2.00 bits per heavy atom. The van der Waals surface area contributed by atoms with Crippen molar-refractivity contribution in [3.63, 3.8) is 0 Å². The first-order valence-electron chi connectivity index (χ1n) is 7.08. The van der Waals surface area contributed by atoms with Crippen LogP contribution in [-0.4, -0.2) is 10.8 Å². The number of aromatic nitrogens is 1. The number of carbonyl (C=O) groups excluding carboxylic acids is 1. The number of rotatable bonds is 2. The van der Waals surface area contributed by atoms with Crippen molar-refractivity contribution in [2.24, 2.45) is 5.92 Å². The van der Waals surface area contributed by atoms with E-state index in [9.17, 15) is 4.79 Å². The van der Waals surface area contributed by atoms with E-state index >= 15 is 0 Å². The molecule has 0 N–H and O–H groups in total. The van der Waals surface area contributed by atoms with Gasteiger partial charge in [0.2, 0.25) is 0 Å². The predicted octanol–water partition coefficient (Wildman–Crippen LogP) is 3.85. The number of hydrogen-bond acceptors (Lipinski definition) is 2. The smallest absolute Gasteiger partial charge is 0.132 e. The van der Waals surface area contributed by atoms with Crippen LogP contribution in [0.4, 0.5) is 0 Å². The molecule has 3 rings (SSSR count). The Hall–Kier alpha value is -1.70. The monoisotopic (exact) mass is 253 g/mol. The van der Waals surface area contributed by atoms with Crippen LogP contribution in [-0.2, 0) is 11.2 Å². The lowest BCUT2D eigenvalue weighted by molar-refractivity contribution is -0.121. The molecule has 0 atom stereocenters. The van der Waals surface area contributed by atoms with Crippen molar-refractivity contribution in [2.45, 2.75) is 39.0 Å². The summed E-state index contributed by atoms with van der Waals surface area (Å²) in [7, 11) is 0. The second-order valence-electron chi connectivity index (χ2n) is 5.73. The first kappa shape index (κ1) is 12.3. The Kier molecular flexibility index (Phi) is 3.33. The van der Waals surface area contributed by atoms with Crippen molar-refractivity contribution in [3.8, 4) is 0 Å². The minimum absolute atomic E-state index is 0.439. The molecular weight excluding hydrogens is 234 g/mol. The molecule has 1 aliphatic rings. The molecule has 19 heavy (non-hydrogen) atoms. The van der Waals surface area contributed by atoms with Gasteiger partial charge in [0.15, 0.2) is 0 Å². The zero-order valence-corrected chi connectivity index (χ0v) is 11.4. The molecule has 1 saturated carbocycles. The summed E-state index contributed by atoms with van der Waals surface area (Å²) in [5.41, 5.74) is 3.64. The highest BCUT2D eigenvalue weighted by molar-refractivity contribution is 5.80. The van der Waals surface area contributed by atoms with E-state index in [1.807, 2.05) is 6.20 Å². The average Bonchev–Trinajstić information content (AvgIpc) is 2.41. The third-order valence-electron chi connectivity index (χ3n) is 4.07. The molecular formula is C17H19NO. The van der Waals surface area contributed by atoms with E-state index in [4.69, 9.17) is 0 Å². The average molecular weight is 253 g/mol. The molecule has 0 radical (unpaired) electrons. The molecule has 1 aromatic carbocycles. The SMILES string of the molecule is Cc1cnc2ccc(CC3CCC(=O)CC3)cc2c1. The van der Waals surface area contributed by atoms with Gasteiger partial charge in [-0.2, -0.15) is 0 Å². The zero-order chi connectivity index (χ0) is 13.2. The van der Waals surface area contributed by atoms with Gasteiger partial charge < -0.3 is 0 Å². The summed E-state index contributed by atoms with van der Waals surface area (Å²) in [5, 5.41) is 1.23. The van der Waals surface area contributed by atoms with E-state index in [2.05, 4.69) is 36.2 Å². The number of nitrogens with zero attached hydrogens (tertiary/aromatic N) is 1. The molecule has 0 saturated heterocycles. The summed E-state index contributed by atoms with van der Waals surface area (Å²) < 4.78 is 0. The van der Waals surface area contributed by atoms with Crippen LogP contribution >= 0.6 is 0 Å². The Morgan fingerprint density at radius 1 is 1.21 bits per heavy atom. The minimum atomic E-state index is 0.439. The van der Waals surface area contributed by atoms with Crippen LogP contribution in [0.3, 0.4) is 0 Å². The first-order valence-corrected chi connectivity index (χ1v) is 7.08. The van der Waals surface area contributed by atoms with Gasteiger partial charge in [0.05, 0.1) is 5.52 Å². The number of carbonyl (C=O) groups is 1. The second-order valence-corrected chi connectivity index (χ2v) is 5.73. The summed E-state index contributed by atoms with van der Waals surface area (Å²) >= 11 is 0. The van der Waals surface area contributed by atoms with E-state index in [1.54, 1.807) is 0 Å².